The Balaban J connectivity index is 0.00000157. The summed E-state index contributed by atoms with van der Waals surface area (Å²) in [6.07, 6.45) is 2.60. The first-order valence-electron chi connectivity index (χ1n) is 9.15. The van der Waals surface area contributed by atoms with Crippen LogP contribution in [0.25, 0.3) is 10.8 Å². The minimum absolute atomic E-state index is 0. The monoisotopic (exact) mass is 349 g/mol. The number of nitrogens with zero attached hydrogens (tertiary/aromatic N) is 1. The Morgan fingerprint density at radius 2 is 1.64 bits per heavy atom. The Morgan fingerprint density at radius 3 is 2.52 bits per heavy atom. The first-order valence-corrected chi connectivity index (χ1v) is 9.15. The van der Waals surface area contributed by atoms with E-state index in [-0.39, 0.29) is 12.4 Å². The van der Waals surface area contributed by atoms with Gasteiger partial charge in [0.25, 0.3) is 0 Å². The van der Waals surface area contributed by atoms with Crippen molar-refractivity contribution >= 4 is 23.2 Å². The van der Waals surface area contributed by atoms with Crippen LogP contribution in [0.2, 0.25) is 0 Å². The fraction of sp³-hybridized carbons (Fsp3) is 0.304. The SMILES string of the molecule is Cl.c1ccc(CN2C[C@H]3CCc4ccc5ccccc5c4[C@H]3C2)cc1. The highest BCUT2D eigenvalue weighted by atomic mass is 35.5. The summed E-state index contributed by atoms with van der Waals surface area (Å²) >= 11 is 0. The molecule has 25 heavy (non-hydrogen) atoms. The third-order valence-corrected chi connectivity index (χ3v) is 5.98. The van der Waals surface area contributed by atoms with Gasteiger partial charge in [0.2, 0.25) is 0 Å². The highest BCUT2D eigenvalue weighted by Gasteiger charge is 2.38. The summed E-state index contributed by atoms with van der Waals surface area (Å²) in [5.41, 5.74) is 4.69. The maximum absolute atomic E-state index is 2.67. The zero-order valence-electron chi connectivity index (χ0n) is 14.4. The second-order valence-electron chi connectivity index (χ2n) is 7.44. The molecule has 3 aromatic rings. The second kappa shape index (κ2) is 6.82. The van der Waals surface area contributed by atoms with Crippen LogP contribution in [0, 0.1) is 5.92 Å². The minimum Gasteiger partial charge on any atom is -0.298 e. The predicted octanol–water partition coefficient (Wildman–Crippen LogP) is 5.42. The molecule has 1 heterocycles. The number of rotatable bonds is 2. The molecule has 2 heteroatoms. The standard InChI is InChI=1S/C23H23N.ClH/c1-2-6-17(7-3-1)14-24-15-20-13-12-19-11-10-18-8-4-5-9-21(18)23(19)22(20)16-24;/h1-11,20,22H,12-16H2;1H/t20-,22+;/m1./s1. The first kappa shape index (κ1) is 16.6. The van der Waals surface area contributed by atoms with Crippen LogP contribution in [0.5, 0.6) is 0 Å². The van der Waals surface area contributed by atoms with Crippen LogP contribution >= 0.6 is 12.4 Å². The zero-order valence-corrected chi connectivity index (χ0v) is 15.2. The molecule has 5 rings (SSSR count). The summed E-state index contributed by atoms with van der Waals surface area (Å²) in [7, 11) is 0. The Bertz CT molecular complexity index is 874. The average Bonchev–Trinajstić information content (AvgIpc) is 3.04. The number of aryl methyl sites for hydroxylation is 1. The van der Waals surface area contributed by atoms with Crippen molar-refractivity contribution in [1.82, 2.24) is 4.90 Å². The van der Waals surface area contributed by atoms with E-state index in [0.29, 0.717) is 5.92 Å². The lowest BCUT2D eigenvalue weighted by atomic mass is 9.75. The topological polar surface area (TPSA) is 3.24 Å². The lowest BCUT2D eigenvalue weighted by Crippen LogP contribution is -2.20. The summed E-state index contributed by atoms with van der Waals surface area (Å²) in [6, 6.07) is 24.6. The molecule has 1 saturated heterocycles. The van der Waals surface area contributed by atoms with Gasteiger partial charge in [-0.3, -0.25) is 4.90 Å². The van der Waals surface area contributed by atoms with Crippen LogP contribution in [0.15, 0.2) is 66.7 Å². The van der Waals surface area contributed by atoms with Crippen molar-refractivity contribution in [2.75, 3.05) is 13.1 Å². The molecular formula is C23H24ClN. The highest BCUT2D eigenvalue weighted by molar-refractivity contribution is 5.87. The molecule has 2 atom stereocenters. The van der Waals surface area contributed by atoms with E-state index in [4.69, 9.17) is 0 Å². The maximum atomic E-state index is 2.67. The number of benzene rings is 3. The third-order valence-electron chi connectivity index (χ3n) is 5.98. The van der Waals surface area contributed by atoms with Gasteiger partial charge in [0.15, 0.2) is 0 Å². The summed E-state index contributed by atoms with van der Waals surface area (Å²) in [5, 5.41) is 2.89. The first-order chi connectivity index (χ1) is 11.9. The van der Waals surface area contributed by atoms with Gasteiger partial charge >= 0.3 is 0 Å². The molecule has 128 valence electrons. The van der Waals surface area contributed by atoms with Crippen LogP contribution in [-0.4, -0.2) is 18.0 Å². The Hall–Kier alpha value is -1.83. The van der Waals surface area contributed by atoms with Gasteiger partial charge in [0, 0.05) is 25.6 Å². The molecule has 2 aliphatic rings. The number of hydrogen-bond donors (Lipinski definition) is 0. The van der Waals surface area contributed by atoms with Crippen molar-refractivity contribution in [3.63, 3.8) is 0 Å². The van der Waals surface area contributed by atoms with E-state index < -0.39 is 0 Å². The molecule has 0 N–H and O–H groups in total. The van der Waals surface area contributed by atoms with Crippen molar-refractivity contribution in [3.8, 4) is 0 Å². The summed E-state index contributed by atoms with van der Waals surface area (Å²) < 4.78 is 0. The van der Waals surface area contributed by atoms with Gasteiger partial charge in [-0.25, -0.2) is 0 Å². The fourth-order valence-electron chi connectivity index (χ4n) is 4.89. The van der Waals surface area contributed by atoms with Gasteiger partial charge in [-0.2, -0.15) is 0 Å². The molecule has 1 fully saturated rings. The van der Waals surface area contributed by atoms with Crippen LogP contribution in [0.1, 0.15) is 29.0 Å². The average molecular weight is 350 g/mol. The molecule has 0 unspecified atom stereocenters. The van der Waals surface area contributed by atoms with Crippen LogP contribution in [0.3, 0.4) is 0 Å². The van der Waals surface area contributed by atoms with Crippen molar-refractivity contribution in [2.45, 2.75) is 25.3 Å². The normalized spacial score (nSPS) is 22.2. The van der Waals surface area contributed by atoms with Gasteiger partial charge in [0.1, 0.15) is 0 Å². The van der Waals surface area contributed by atoms with Gasteiger partial charge in [-0.1, -0.05) is 66.7 Å². The van der Waals surface area contributed by atoms with E-state index in [2.05, 4.69) is 71.6 Å². The number of likely N-dealkylation sites (tertiary alicyclic amines) is 1. The molecule has 0 bridgehead atoms. The lowest BCUT2D eigenvalue weighted by molar-refractivity contribution is 0.313. The molecule has 0 saturated carbocycles. The number of halogens is 1. The molecule has 1 aliphatic carbocycles. The molecule has 1 aliphatic heterocycles. The molecule has 0 amide bonds. The number of fused-ring (bicyclic) bond motifs is 5. The largest absolute Gasteiger partial charge is 0.298 e. The summed E-state index contributed by atoms with van der Waals surface area (Å²) in [6.45, 7) is 3.55. The van der Waals surface area contributed by atoms with E-state index in [1.54, 1.807) is 11.1 Å². The molecule has 3 aromatic carbocycles. The fourth-order valence-corrected chi connectivity index (χ4v) is 4.89. The van der Waals surface area contributed by atoms with Gasteiger partial charge in [-0.15, -0.1) is 12.4 Å². The predicted molar refractivity (Wildman–Crippen MR) is 107 cm³/mol. The van der Waals surface area contributed by atoms with E-state index in [9.17, 15) is 0 Å². The van der Waals surface area contributed by atoms with E-state index in [1.807, 2.05) is 0 Å². The number of hydrogen-bond acceptors (Lipinski definition) is 1. The lowest BCUT2D eigenvalue weighted by Gasteiger charge is -2.28. The highest BCUT2D eigenvalue weighted by Crippen LogP contribution is 2.44. The Morgan fingerprint density at radius 1 is 0.840 bits per heavy atom. The smallest absolute Gasteiger partial charge is 0.0234 e. The quantitative estimate of drug-likeness (QED) is 0.596. The van der Waals surface area contributed by atoms with E-state index >= 15 is 0 Å². The van der Waals surface area contributed by atoms with Crippen molar-refractivity contribution < 1.29 is 0 Å². The van der Waals surface area contributed by atoms with E-state index in [1.165, 1.54) is 42.3 Å². The van der Waals surface area contributed by atoms with Gasteiger partial charge in [-0.05, 0) is 46.2 Å². The molecule has 0 spiro atoms. The molecule has 0 radical (unpaired) electrons. The van der Waals surface area contributed by atoms with Crippen molar-refractivity contribution in [3.05, 3.63) is 83.4 Å². The summed E-state index contributed by atoms with van der Waals surface area (Å²) in [4.78, 5) is 2.67. The van der Waals surface area contributed by atoms with Crippen molar-refractivity contribution in [2.24, 2.45) is 5.92 Å². The Labute approximate surface area is 156 Å². The van der Waals surface area contributed by atoms with Gasteiger partial charge < -0.3 is 0 Å². The Kier molecular flexibility index (Phi) is 4.54. The van der Waals surface area contributed by atoms with E-state index in [0.717, 1.165) is 12.5 Å². The van der Waals surface area contributed by atoms with Crippen LogP contribution in [0.4, 0.5) is 0 Å². The van der Waals surface area contributed by atoms with Gasteiger partial charge in [0.05, 0.1) is 0 Å². The zero-order chi connectivity index (χ0) is 15.9. The van der Waals surface area contributed by atoms with Crippen molar-refractivity contribution in [1.29, 1.82) is 0 Å². The third kappa shape index (κ3) is 2.96. The molecular weight excluding hydrogens is 326 g/mol. The maximum Gasteiger partial charge on any atom is 0.0234 e. The second-order valence-corrected chi connectivity index (χ2v) is 7.44. The summed E-state index contributed by atoms with van der Waals surface area (Å²) in [5.74, 6) is 1.54. The minimum atomic E-state index is 0. The van der Waals surface area contributed by atoms with Crippen LogP contribution < -0.4 is 0 Å². The molecule has 0 aromatic heterocycles. The molecule has 1 nitrogen and oxygen atoms in total. The van der Waals surface area contributed by atoms with Crippen LogP contribution in [-0.2, 0) is 13.0 Å².